The first-order chi connectivity index (χ1) is 10.6. The van der Waals surface area contributed by atoms with Crippen LogP contribution in [0.25, 0.3) is 0 Å². The first kappa shape index (κ1) is 16.5. The number of benzene rings is 1. The van der Waals surface area contributed by atoms with E-state index in [-0.39, 0.29) is 5.78 Å². The third kappa shape index (κ3) is 4.34. The molecule has 0 aromatic heterocycles. The lowest BCUT2D eigenvalue weighted by molar-refractivity contribution is 0.101. The quantitative estimate of drug-likeness (QED) is 0.392. The summed E-state index contributed by atoms with van der Waals surface area (Å²) < 4.78 is 3.27. The van der Waals surface area contributed by atoms with Gasteiger partial charge in [-0.05, 0) is 44.3 Å². The van der Waals surface area contributed by atoms with Gasteiger partial charge in [-0.15, -0.1) is 0 Å². The summed E-state index contributed by atoms with van der Waals surface area (Å²) in [6.07, 6.45) is 3.07. The van der Waals surface area contributed by atoms with Crippen LogP contribution in [0.2, 0.25) is 0 Å². The van der Waals surface area contributed by atoms with Crippen LogP contribution in [-0.4, -0.2) is 36.1 Å². The standard InChI is InChI=1S/C16H22N4OS/c1-4-13-10-18-20(11-13)16(17-5-2)19-22-15-8-6-14(7-9-15)12(3)21/h6-10,13H,4-5,11H2,1-3H3,(H,17,19). The summed E-state index contributed by atoms with van der Waals surface area (Å²) in [6.45, 7) is 7.31. The molecule has 1 aromatic rings. The molecule has 1 N–H and O–H groups in total. The molecule has 1 atom stereocenters. The molecule has 0 aliphatic carbocycles. The topological polar surface area (TPSA) is 57.1 Å². The lowest BCUT2D eigenvalue weighted by Gasteiger charge is -2.18. The van der Waals surface area contributed by atoms with Gasteiger partial charge in [-0.25, -0.2) is 5.01 Å². The van der Waals surface area contributed by atoms with Crippen LogP contribution in [0.4, 0.5) is 0 Å². The zero-order chi connectivity index (χ0) is 15.9. The van der Waals surface area contributed by atoms with Gasteiger partial charge in [0.15, 0.2) is 5.78 Å². The molecular weight excluding hydrogens is 296 g/mol. The fourth-order valence-electron chi connectivity index (χ4n) is 2.05. The minimum Gasteiger partial charge on any atom is -0.295 e. The average Bonchev–Trinajstić information content (AvgIpc) is 3.00. The first-order valence-electron chi connectivity index (χ1n) is 7.54. The molecule has 1 unspecified atom stereocenters. The smallest absolute Gasteiger partial charge is 0.225 e. The van der Waals surface area contributed by atoms with E-state index in [4.69, 9.17) is 0 Å². The van der Waals surface area contributed by atoms with Crippen molar-refractivity contribution in [1.82, 2.24) is 9.73 Å². The van der Waals surface area contributed by atoms with Crippen molar-refractivity contribution in [1.29, 1.82) is 0 Å². The van der Waals surface area contributed by atoms with E-state index in [2.05, 4.69) is 21.7 Å². The number of ketones is 1. The molecule has 2 rings (SSSR count). The molecule has 22 heavy (non-hydrogen) atoms. The van der Waals surface area contributed by atoms with Crippen molar-refractivity contribution in [2.24, 2.45) is 16.0 Å². The van der Waals surface area contributed by atoms with E-state index in [9.17, 15) is 4.79 Å². The second-order valence-electron chi connectivity index (χ2n) is 5.10. The molecule has 0 spiro atoms. The van der Waals surface area contributed by atoms with Crippen molar-refractivity contribution in [2.75, 3.05) is 13.1 Å². The molecule has 0 fully saturated rings. The van der Waals surface area contributed by atoms with E-state index in [0.717, 1.165) is 29.4 Å². The number of hydrogen-bond donors (Lipinski definition) is 1. The van der Waals surface area contributed by atoms with Gasteiger partial charge in [-0.1, -0.05) is 19.1 Å². The van der Waals surface area contributed by atoms with Gasteiger partial charge in [-0.2, -0.15) is 5.10 Å². The fourth-order valence-corrected chi connectivity index (χ4v) is 2.70. The second-order valence-corrected chi connectivity index (χ2v) is 5.98. The van der Waals surface area contributed by atoms with Crippen molar-refractivity contribution >= 4 is 29.9 Å². The minimum atomic E-state index is 0.0785. The van der Waals surface area contributed by atoms with Gasteiger partial charge in [0.2, 0.25) is 5.96 Å². The molecule has 1 aliphatic heterocycles. The zero-order valence-electron chi connectivity index (χ0n) is 13.2. The summed E-state index contributed by atoms with van der Waals surface area (Å²) >= 11 is 1.48. The van der Waals surface area contributed by atoms with E-state index in [1.807, 2.05) is 42.4 Å². The molecule has 1 aliphatic rings. The number of nitrogens with zero attached hydrogens (tertiary/aromatic N) is 3. The van der Waals surface area contributed by atoms with Crippen LogP contribution in [0.15, 0.2) is 39.3 Å². The number of carbonyl (C=O) groups excluding carboxylic acids is 1. The lowest BCUT2D eigenvalue weighted by atomic mass is 10.1. The number of hydrazone groups is 1. The predicted octanol–water partition coefficient (Wildman–Crippen LogP) is 3.19. The maximum Gasteiger partial charge on any atom is 0.225 e. The van der Waals surface area contributed by atoms with E-state index in [1.54, 1.807) is 6.92 Å². The van der Waals surface area contributed by atoms with E-state index in [1.165, 1.54) is 11.9 Å². The number of guanidine groups is 1. The van der Waals surface area contributed by atoms with Crippen LogP contribution in [-0.2, 0) is 0 Å². The number of carbonyl (C=O) groups is 1. The monoisotopic (exact) mass is 318 g/mol. The van der Waals surface area contributed by atoms with Crippen LogP contribution in [0, 0.1) is 5.92 Å². The third-order valence-corrected chi connectivity index (χ3v) is 4.21. The summed E-state index contributed by atoms with van der Waals surface area (Å²) in [4.78, 5) is 16.8. The Hall–Kier alpha value is -1.82. The van der Waals surface area contributed by atoms with Gasteiger partial charge in [0.05, 0.1) is 6.54 Å². The van der Waals surface area contributed by atoms with Crippen molar-refractivity contribution in [3.63, 3.8) is 0 Å². The number of nitrogens with one attached hydrogen (secondary N) is 1. The van der Waals surface area contributed by atoms with Crippen LogP contribution in [0.1, 0.15) is 37.6 Å². The number of Topliss-reactive ketones (excluding diaryl/α,β-unsaturated/α-hetero) is 1. The third-order valence-electron chi connectivity index (χ3n) is 3.42. The summed E-state index contributed by atoms with van der Waals surface area (Å²) in [7, 11) is 0. The van der Waals surface area contributed by atoms with Gasteiger partial charge in [0.1, 0.15) is 0 Å². The Morgan fingerprint density at radius 3 is 2.68 bits per heavy atom. The maximum absolute atomic E-state index is 11.3. The molecule has 0 amide bonds. The highest BCUT2D eigenvalue weighted by atomic mass is 32.2. The highest BCUT2D eigenvalue weighted by Gasteiger charge is 2.20. The van der Waals surface area contributed by atoms with Gasteiger partial charge < -0.3 is 0 Å². The van der Waals surface area contributed by atoms with Crippen molar-refractivity contribution in [3.8, 4) is 0 Å². The molecule has 0 saturated carbocycles. The Bertz CT molecular complexity index is 568. The largest absolute Gasteiger partial charge is 0.295 e. The van der Waals surface area contributed by atoms with Gasteiger partial charge in [0.25, 0.3) is 0 Å². The van der Waals surface area contributed by atoms with Crippen LogP contribution in [0.3, 0.4) is 0 Å². The number of aliphatic imine (C=N–C) groups is 1. The van der Waals surface area contributed by atoms with Crippen LogP contribution in [0.5, 0.6) is 0 Å². The van der Waals surface area contributed by atoms with Crippen LogP contribution < -0.4 is 4.72 Å². The Morgan fingerprint density at radius 2 is 2.14 bits per heavy atom. The second kappa shape index (κ2) is 7.98. The molecule has 1 aromatic carbocycles. The summed E-state index contributed by atoms with van der Waals surface area (Å²) in [6, 6.07) is 7.54. The van der Waals surface area contributed by atoms with Crippen molar-refractivity contribution < 1.29 is 4.79 Å². The zero-order valence-corrected chi connectivity index (χ0v) is 14.1. The summed E-state index contributed by atoms with van der Waals surface area (Å²) in [5.41, 5.74) is 0.724. The first-order valence-corrected chi connectivity index (χ1v) is 8.35. The fraction of sp³-hybridized carbons (Fsp3) is 0.438. The summed E-state index contributed by atoms with van der Waals surface area (Å²) in [5, 5.41) is 6.32. The minimum absolute atomic E-state index is 0.0785. The Morgan fingerprint density at radius 1 is 1.41 bits per heavy atom. The molecule has 5 nitrogen and oxygen atoms in total. The van der Waals surface area contributed by atoms with Crippen molar-refractivity contribution in [2.45, 2.75) is 32.1 Å². The van der Waals surface area contributed by atoms with Gasteiger partial charge >= 0.3 is 0 Å². The van der Waals surface area contributed by atoms with Crippen molar-refractivity contribution in [3.05, 3.63) is 29.8 Å². The molecule has 118 valence electrons. The Labute approximate surface area is 136 Å². The highest BCUT2D eigenvalue weighted by molar-refractivity contribution is 7.98. The van der Waals surface area contributed by atoms with E-state index < -0.39 is 0 Å². The SMILES string of the molecule is CCN=C(NSc1ccc(C(C)=O)cc1)N1CC(CC)C=N1. The summed E-state index contributed by atoms with van der Waals surface area (Å²) in [5.74, 6) is 1.34. The normalized spacial score (nSPS) is 17.9. The van der Waals surface area contributed by atoms with Gasteiger partial charge in [0, 0.05) is 29.1 Å². The molecule has 0 radical (unpaired) electrons. The molecule has 0 saturated heterocycles. The molecule has 1 heterocycles. The Balaban J connectivity index is 1.96. The van der Waals surface area contributed by atoms with Crippen LogP contribution >= 0.6 is 11.9 Å². The molecule has 6 heteroatoms. The predicted molar refractivity (Wildman–Crippen MR) is 92.4 cm³/mol. The molecule has 0 bridgehead atoms. The Kier molecular flexibility index (Phi) is 6.00. The lowest BCUT2D eigenvalue weighted by Crippen LogP contribution is -2.34. The maximum atomic E-state index is 11.3. The average molecular weight is 318 g/mol. The molecular formula is C16H22N4OS. The highest BCUT2D eigenvalue weighted by Crippen LogP contribution is 2.18. The van der Waals surface area contributed by atoms with Gasteiger partial charge in [-0.3, -0.25) is 14.5 Å². The number of hydrogen-bond acceptors (Lipinski definition) is 4. The van der Waals surface area contributed by atoms with E-state index >= 15 is 0 Å². The van der Waals surface area contributed by atoms with E-state index in [0.29, 0.717) is 12.5 Å². The number of rotatable bonds is 5.